The summed E-state index contributed by atoms with van der Waals surface area (Å²) in [6.45, 7) is 2.59. The van der Waals surface area contributed by atoms with Crippen molar-refractivity contribution >= 4 is 11.7 Å². The molecular weight excluding hydrogens is 237 g/mol. The van der Waals surface area contributed by atoms with Crippen molar-refractivity contribution < 1.29 is 19.0 Å². The van der Waals surface area contributed by atoms with Gasteiger partial charge in [-0.3, -0.25) is 0 Å². The molecule has 1 aromatic carbocycles. The number of aromatic carboxylic acids is 1. The third-order valence-electron chi connectivity index (χ3n) is 3.09. The van der Waals surface area contributed by atoms with Crippen LogP contribution in [0.3, 0.4) is 0 Å². The number of hydrogen-bond donors (Lipinski definition) is 2. The number of carboxylic acids is 1. The fraction of sp³-hybridized carbons (Fsp3) is 0.462. The number of hydrogen-bond acceptors (Lipinski definition) is 3. The van der Waals surface area contributed by atoms with Crippen LogP contribution in [0.25, 0.3) is 0 Å². The summed E-state index contributed by atoms with van der Waals surface area (Å²) in [7, 11) is 0. The van der Waals surface area contributed by atoms with E-state index in [1.807, 2.05) is 6.92 Å². The van der Waals surface area contributed by atoms with Gasteiger partial charge >= 0.3 is 5.97 Å². The highest BCUT2D eigenvalue weighted by Gasteiger charge is 2.31. The van der Waals surface area contributed by atoms with Gasteiger partial charge in [0.15, 0.2) is 0 Å². The molecule has 0 aliphatic heterocycles. The Morgan fingerprint density at radius 3 is 2.89 bits per heavy atom. The van der Waals surface area contributed by atoms with Crippen LogP contribution in [0.1, 0.15) is 30.1 Å². The van der Waals surface area contributed by atoms with Gasteiger partial charge in [0.25, 0.3) is 0 Å². The minimum Gasteiger partial charge on any atom is -0.478 e. The molecule has 0 aromatic heterocycles. The average molecular weight is 253 g/mol. The minimum absolute atomic E-state index is 0.0325. The van der Waals surface area contributed by atoms with E-state index >= 15 is 0 Å². The maximum atomic E-state index is 13.6. The van der Waals surface area contributed by atoms with Gasteiger partial charge in [0.2, 0.25) is 0 Å². The second-order valence-electron chi connectivity index (χ2n) is 4.36. The van der Waals surface area contributed by atoms with Crippen LogP contribution in [0.4, 0.5) is 10.1 Å². The molecule has 0 radical (unpaired) electrons. The Kier molecular flexibility index (Phi) is 3.81. The second kappa shape index (κ2) is 5.35. The van der Waals surface area contributed by atoms with Crippen molar-refractivity contribution in [3.63, 3.8) is 0 Å². The summed E-state index contributed by atoms with van der Waals surface area (Å²) in [6.07, 6.45) is 1.76. The second-order valence-corrected chi connectivity index (χ2v) is 4.36. The number of carbonyl (C=O) groups is 1. The number of ether oxygens (including phenoxy) is 1. The molecule has 2 rings (SSSR count). The molecule has 1 aromatic rings. The van der Waals surface area contributed by atoms with Crippen molar-refractivity contribution in [3.05, 3.63) is 29.6 Å². The van der Waals surface area contributed by atoms with E-state index < -0.39 is 11.8 Å². The third kappa shape index (κ3) is 2.61. The van der Waals surface area contributed by atoms with Crippen molar-refractivity contribution in [3.8, 4) is 0 Å². The fourth-order valence-electron chi connectivity index (χ4n) is 2.11. The number of nitrogens with one attached hydrogen (secondary N) is 1. The van der Waals surface area contributed by atoms with Gasteiger partial charge in [-0.2, -0.15) is 0 Å². The average Bonchev–Trinajstić information content (AvgIpc) is 2.28. The molecule has 0 spiro atoms. The first-order valence-corrected chi connectivity index (χ1v) is 6.01. The highest BCUT2D eigenvalue weighted by atomic mass is 19.1. The van der Waals surface area contributed by atoms with E-state index in [1.165, 1.54) is 18.2 Å². The lowest BCUT2D eigenvalue weighted by Gasteiger charge is -2.36. The van der Waals surface area contributed by atoms with E-state index in [9.17, 15) is 9.18 Å². The lowest BCUT2D eigenvalue weighted by atomic mass is 9.88. The standard InChI is InChI=1S/C13H16FNO3/c1-2-18-9-6-8(7-9)15-12-10(13(16)17)4-3-5-11(12)14/h3-5,8-9,15H,2,6-7H2,1H3,(H,16,17). The van der Waals surface area contributed by atoms with Gasteiger partial charge in [-0.1, -0.05) is 6.07 Å². The zero-order valence-corrected chi connectivity index (χ0v) is 10.1. The molecule has 1 aliphatic rings. The third-order valence-corrected chi connectivity index (χ3v) is 3.09. The number of para-hydroxylation sites is 1. The normalized spacial score (nSPS) is 22.3. The zero-order chi connectivity index (χ0) is 13.1. The molecule has 0 heterocycles. The van der Waals surface area contributed by atoms with E-state index in [4.69, 9.17) is 9.84 Å². The summed E-state index contributed by atoms with van der Waals surface area (Å²) in [5, 5.41) is 11.9. The van der Waals surface area contributed by atoms with Gasteiger partial charge in [0, 0.05) is 12.6 Å². The first-order valence-electron chi connectivity index (χ1n) is 6.01. The first kappa shape index (κ1) is 12.8. The lowest BCUT2D eigenvalue weighted by Crippen LogP contribution is -2.41. The molecule has 1 saturated carbocycles. The number of rotatable bonds is 5. The van der Waals surface area contributed by atoms with E-state index in [1.54, 1.807) is 0 Å². The quantitative estimate of drug-likeness (QED) is 0.846. The summed E-state index contributed by atoms with van der Waals surface area (Å²) in [5.74, 6) is -1.66. The van der Waals surface area contributed by atoms with Crippen LogP contribution < -0.4 is 5.32 Å². The van der Waals surface area contributed by atoms with Crippen molar-refractivity contribution in [1.29, 1.82) is 0 Å². The van der Waals surface area contributed by atoms with Crippen LogP contribution in [-0.4, -0.2) is 29.8 Å². The van der Waals surface area contributed by atoms with Crippen LogP contribution in [0.5, 0.6) is 0 Å². The van der Waals surface area contributed by atoms with Crippen LogP contribution in [-0.2, 0) is 4.74 Å². The Hall–Kier alpha value is -1.62. The number of anilines is 1. The molecular formula is C13H16FNO3. The molecule has 1 fully saturated rings. The molecule has 98 valence electrons. The predicted octanol–water partition coefficient (Wildman–Crippen LogP) is 2.50. The van der Waals surface area contributed by atoms with E-state index in [2.05, 4.69) is 5.32 Å². The molecule has 4 nitrogen and oxygen atoms in total. The molecule has 18 heavy (non-hydrogen) atoms. The maximum Gasteiger partial charge on any atom is 0.337 e. The Labute approximate surface area is 105 Å². The van der Waals surface area contributed by atoms with Gasteiger partial charge in [0.05, 0.1) is 17.4 Å². The molecule has 0 unspecified atom stereocenters. The Balaban J connectivity index is 2.04. The molecule has 0 amide bonds. The zero-order valence-electron chi connectivity index (χ0n) is 10.1. The van der Waals surface area contributed by atoms with E-state index in [-0.39, 0.29) is 23.4 Å². The van der Waals surface area contributed by atoms with Crippen molar-refractivity contribution in [2.45, 2.75) is 31.9 Å². The highest BCUT2D eigenvalue weighted by Crippen LogP contribution is 2.29. The number of carboxylic acid groups (broad SMARTS) is 1. The number of benzene rings is 1. The molecule has 0 bridgehead atoms. The van der Waals surface area contributed by atoms with Crippen LogP contribution in [0.2, 0.25) is 0 Å². The monoisotopic (exact) mass is 253 g/mol. The molecule has 2 N–H and O–H groups in total. The largest absolute Gasteiger partial charge is 0.478 e. The highest BCUT2D eigenvalue weighted by molar-refractivity contribution is 5.94. The molecule has 1 aliphatic carbocycles. The smallest absolute Gasteiger partial charge is 0.337 e. The van der Waals surface area contributed by atoms with Crippen molar-refractivity contribution in [1.82, 2.24) is 0 Å². The molecule has 5 heteroatoms. The minimum atomic E-state index is -1.13. The maximum absolute atomic E-state index is 13.6. The fourth-order valence-corrected chi connectivity index (χ4v) is 2.11. The Morgan fingerprint density at radius 1 is 1.56 bits per heavy atom. The summed E-state index contributed by atoms with van der Waals surface area (Å²) in [4.78, 5) is 11.0. The summed E-state index contributed by atoms with van der Waals surface area (Å²) >= 11 is 0. The SMILES string of the molecule is CCOC1CC(Nc2c(F)cccc2C(=O)O)C1. The molecule has 0 atom stereocenters. The first-order chi connectivity index (χ1) is 8.61. The van der Waals surface area contributed by atoms with E-state index in [0.717, 1.165) is 12.8 Å². The van der Waals surface area contributed by atoms with Gasteiger partial charge in [0.1, 0.15) is 5.82 Å². The van der Waals surface area contributed by atoms with Gasteiger partial charge < -0.3 is 15.2 Å². The molecule has 0 saturated heterocycles. The van der Waals surface area contributed by atoms with Crippen LogP contribution >= 0.6 is 0 Å². The van der Waals surface area contributed by atoms with Crippen molar-refractivity contribution in [2.75, 3.05) is 11.9 Å². The number of halogens is 1. The topological polar surface area (TPSA) is 58.6 Å². The summed E-state index contributed by atoms with van der Waals surface area (Å²) < 4.78 is 19.0. The lowest BCUT2D eigenvalue weighted by molar-refractivity contribution is 0.00292. The Bertz CT molecular complexity index is 444. The van der Waals surface area contributed by atoms with Crippen LogP contribution in [0.15, 0.2) is 18.2 Å². The van der Waals surface area contributed by atoms with Crippen molar-refractivity contribution in [2.24, 2.45) is 0 Å². The van der Waals surface area contributed by atoms with Gasteiger partial charge in [-0.15, -0.1) is 0 Å². The van der Waals surface area contributed by atoms with Crippen LogP contribution in [0, 0.1) is 5.82 Å². The van der Waals surface area contributed by atoms with Gasteiger partial charge in [-0.05, 0) is 31.9 Å². The van der Waals surface area contributed by atoms with Gasteiger partial charge in [-0.25, -0.2) is 9.18 Å². The van der Waals surface area contributed by atoms with E-state index in [0.29, 0.717) is 6.61 Å². The summed E-state index contributed by atoms with van der Waals surface area (Å²) in [5.41, 5.74) is 0.0415. The Morgan fingerprint density at radius 2 is 2.28 bits per heavy atom. The summed E-state index contributed by atoms with van der Waals surface area (Å²) in [6, 6.07) is 4.13. The predicted molar refractivity (Wildman–Crippen MR) is 65.4 cm³/mol.